The van der Waals surface area contributed by atoms with Gasteiger partial charge in [-0.05, 0) is 38.0 Å². The highest BCUT2D eigenvalue weighted by Gasteiger charge is 2.41. The van der Waals surface area contributed by atoms with E-state index in [9.17, 15) is 4.79 Å². The predicted molar refractivity (Wildman–Crippen MR) is 69.5 cm³/mol. The molecule has 0 bridgehead atoms. The highest BCUT2D eigenvalue weighted by molar-refractivity contribution is 5.92. The van der Waals surface area contributed by atoms with E-state index >= 15 is 0 Å². The average Bonchev–Trinajstić information content (AvgIpc) is 2.33. The number of likely N-dealkylation sites (tertiary alicyclic amines) is 1. The number of rotatable bonds is 1. The summed E-state index contributed by atoms with van der Waals surface area (Å²) in [7, 11) is 0. The molecule has 96 valence electrons. The maximum atomic E-state index is 11.8. The first kappa shape index (κ1) is 12.6. The molecular weight excluding hydrogens is 212 g/mol. The zero-order chi connectivity index (χ0) is 12.5. The van der Waals surface area contributed by atoms with Gasteiger partial charge in [-0.1, -0.05) is 19.4 Å². The van der Waals surface area contributed by atoms with Crippen molar-refractivity contribution in [2.45, 2.75) is 51.5 Å². The molecule has 1 aliphatic heterocycles. The molecule has 2 rings (SSSR count). The third-order valence-electron chi connectivity index (χ3n) is 4.64. The summed E-state index contributed by atoms with van der Waals surface area (Å²) in [6, 6.07) is 0.346. The molecule has 1 saturated heterocycles. The van der Waals surface area contributed by atoms with Gasteiger partial charge in [0.2, 0.25) is 5.91 Å². The second-order valence-electron chi connectivity index (χ2n) is 5.79. The molecule has 0 aromatic carbocycles. The van der Waals surface area contributed by atoms with E-state index in [1.54, 1.807) is 6.92 Å². The lowest BCUT2D eigenvalue weighted by molar-refractivity contribution is -0.130. The zero-order valence-electron chi connectivity index (χ0n) is 10.9. The summed E-state index contributed by atoms with van der Waals surface area (Å²) in [6.45, 7) is 7.25. The summed E-state index contributed by atoms with van der Waals surface area (Å²) in [4.78, 5) is 13.8. The van der Waals surface area contributed by atoms with Crippen LogP contribution in [0.1, 0.15) is 45.4 Å². The number of piperidine rings is 1. The normalized spacial score (nSPS) is 28.1. The van der Waals surface area contributed by atoms with Crippen molar-refractivity contribution in [2.24, 2.45) is 11.1 Å². The van der Waals surface area contributed by atoms with Crippen molar-refractivity contribution >= 4 is 5.91 Å². The maximum absolute atomic E-state index is 11.8. The minimum atomic E-state index is 0.115. The number of carbonyl (C=O) groups is 1. The smallest absolute Gasteiger partial charge is 0.248 e. The molecule has 3 heteroatoms. The largest absolute Gasteiger partial charge is 0.339 e. The van der Waals surface area contributed by atoms with Crippen molar-refractivity contribution in [3.63, 3.8) is 0 Å². The quantitative estimate of drug-likeness (QED) is 0.708. The molecule has 2 fully saturated rings. The van der Waals surface area contributed by atoms with E-state index in [1.807, 2.05) is 4.90 Å². The van der Waals surface area contributed by atoms with Crippen LogP contribution in [0, 0.1) is 5.41 Å². The lowest BCUT2D eigenvalue weighted by atomic mass is 9.65. The van der Waals surface area contributed by atoms with E-state index in [-0.39, 0.29) is 5.91 Å². The van der Waals surface area contributed by atoms with Crippen molar-refractivity contribution in [1.29, 1.82) is 0 Å². The summed E-state index contributed by atoms with van der Waals surface area (Å²) >= 11 is 0. The summed E-state index contributed by atoms with van der Waals surface area (Å²) in [5, 5.41) is 0. The maximum Gasteiger partial charge on any atom is 0.248 e. The van der Waals surface area contributed by atoms with Crippen LogP contribution in [0.15, 0.2) is 12.2 Å². The van der Waals surface area contributed by atoms with Crippen molar-refractivity contribution in [3.8, 4) is 0 Å². The summed E-state index contributed by atoms with van der Waals surface area (Å²) < 4.78 is 0. The van der Waals surface area contributed by atoms with Gasteiger partial charge in [-0.3, -0.25) is 4.79 Å². The lowest BCUT2D eigenvalue weighted by Crippen LogP contribution is -2.52. The Balaban J connectivity index is 1.97. The zero-order valence-corrected chi connectivity index (χ0v) is 10.9. The van der Waals surface area contributed by atoms with Crippen LogP contribution in [-0.2, 0) is 4.79 Å². The van der Waals surface area contributed by atoms with Crippen LogP contribution >= 0.6 is 0 Å². The van der Waals surface area contributed by atoms with Gasteiger partial charge in [0.05, 0.1) is 0 Å². The van der Waals surface area contributed by atoms with Crippen LogP contribution in [0.2, 0.25) is 0 Å². The molecule has 2 N–H and O–H groups in total. The molecule has 1 saturated carbocycles. The fourth-order valence-corrected chi connectivity index (χ4v) is 3.38. The molecule has 1 atom stereocenters. The Morgan fingerprint density at radius 3 is 2.47 bits per heavy atom. The Labute approximate surface area is 104 Å². The Morgan fingerprint density at radius 2 is 1.94 bits per heavy atom. The number of hydrogen-bond donors (Lipinski definition) is 1. The number of nitrogens with two attached hydrogens (primary N) is 1. The fourth-order valence-electron chi connectivity index (χ4n) is 3.38. The van der Waals surface area contributed by atoms with Crippen molar-refractivity contribution in [2.75, 3.05) is 13.1 Å². The Morgan fingerprint density at radius 1 is 1.29 bits per heavy atom. The molecule has 0 aromatic rings. The van der Waals surface area contributed by atoms with Gasteiger partial charge in [-0.25, -0.2) is 0 Å². The van der Waals surface area contributed by atoms with Gasteiger partial charge in [0, 0.05) is 24.7 Å². The molecule has 1 heterocycles. The molecule has 0 radical (unpaired) electrons. The monoisotopic (exact) mass is 236 g/mol. The van der Waals surface area contributed by atoms with Crippen molar-refractivity contribution < 1.29 is 4.79 Å². The van der Waals surface area contributed by atoms with E-state index in [0.717, 1.165) is 32.4 Å². The van der Waals surface area contributed by atoms with Crippen LogP contribution in [0.3, 0.4) is 0 Å². The predicted octanol–water partition coefficient (Wildman–Crippen LogP) is 2.07. The molecule has 17 heavy (non-hydrogen) atoms. The van der Waals surface area contributed by atoms with Crippen LogP contribution < -0.4 is 5.73 Å². The van der Waals surface area contributed by atoms with Crippen LogP contribution in [-0.4, -0.2) is 29.9 Å². The van der Waals surface area contributed by atoms with Gasteiger partial charge in [-0.2, -0.15) is 0 Å². The van der Waals surface area contributed by atoms with E-state index in [1.165, 1.54) is 19.3 Å². The van der Waals surface area contributed by atoms with Gasteiger partial charge in [0.1, 0.15) is 0 Å². The molecule has 1 aliphatic carbocycles. The van der Waals surface area contributed by atoms with Gasteiger partial charge < -0.3 is 10.6 Å². The Kier molecular flexibility index (Phi) is 3.57. The first-order valence-corrected chi connectivity index (χ1v) is 6.75. The molecule has 2 aliphatic rings. The number of nitrogens with zero attached hydrogens (tertiary/aromatic N) is 1. The topological polar surface area (TPSA) is 46.3 Å². The Bertz CT molecular complexity index is 316. The van der Waals surface area contributed by atoms with E-state index < -0.39 is 0 Å². The van der Waals surface area contributed by atoms with Gasteiger partial charge in [0.25, 0.3) is 0 Å². The Hall–Kier alpha value is -0.830. The van der Waals surface area contributed by atoms with Gasteiger partial charge in [-0.15, -0.1) is 0 Å². The van der Waals surface area contributed by atoms with Gasteiger partial charge >= 0.3 is 0 Å². The molecular formula is C14H24N2O. The molecule has 1 unspecified atom stereocenters. The minimum Gasteiger partial charge on any atom is -0.339 e. The number of amides is 1. The summed E-state index contributed by atoms with van der Waals surface area (Å²) in [5.74, 6) is 0.115. The summed E-state index contributed by atoms with van der Waals surface area (Å²) in [5.41, 5.74) is 7.28. The van der Waals surface area contributed by atoms with E-state index in [2.05, 4.69) is 6.58 Å². The van der Waals surface area contributed by atoms with Crippen LogP contribution in [0.4, 0.5) is 0 Å². The van der Waals surface area contributed by atoms with Crippen LogP contribution in [0.5, 0.6) is 0 Å². The number of carbonyl (C=O) groups excluding carboxylic acids is 1. The highest BCUT2D eigenvalue weighted by Crippen LogP contribution is 2.43. The SMILES string of the molecule is C=C(C)C(=O)N1CCC2(CCCCC2N)CC1. The van der Waals surface area contributed by atoms with E-state index in [4.69, 9.17) is 5.73 Å². The summed E-state index contributed by atoms with van der Waals surface area (Å²) in [6.07, 6.45) is 7.15. The van der Waals surface area contributed by atoms with E-state index in [0.29, 0.717) is 17.0 Å². The standard InChI is InChI=1S/C14H24N2O/c1-11(2)13(17)16-9-7-14(8-10-16)6-4-3-5-12(14)15/h12H,1,3-10,15H2,2H3. The third kappa shape index (κ3) is 2.39. The minimum absolute atomic E-state index is 0.115. The van der Waals surface area contributed by atoms with Crippen LogP contribution in [0.25, 0.3) is 0 Å². The highest BCUT2D eigenvalue weighted by atomic mass is 16.2. The second kappa shape index (κ2) is 4.81. The fraction of sp³-hybridized carbons (Fsp3) is 0.786. The first-order valence-electron chi connectivity index (χ1n) is 6.75. The third-order valence-corrected chi connectivity index (χ3v) is 4.64. The molecule has 1 amide bonds. The first-order chi connectivity index (χ1) is 8.05. The molecule has 1 spiro atoms. The van der Waals surface area contributed by atoms with Crippen molar-refractivity contribution in [1.82, 2.24) is 4.90 Å². The van der Waals surface area contributed by atoms with Crippen molar-refractivity contribution in [3.05, 3.63) is 12.2 Å². The second-order valence-corrected chi connectivity index (χ2v) is 5.79. The number of hydrogen-bond acceptors (Lipinski definition) is 2. The lowest BCUT2D eigenvalue weighted by Gasteiger charge is -2.48. The average molecular weight is 236 g/mol. The molecule has 3 nitrogen and oxygen atoms in total. The molecule has 0 aromatic heterocycles. The van der Waals surface area contributed by atoms with Gasteiger partial charge in [0.15, 0.2) is 0 Å².